The first-order valence-corrected chi connectivity index (χ1v) is 4.55. The molecule has 1 aliphatic rings. The van der Waals surface area contributed by atoms with Gasteiger partial charge in [0.2, 0.25) is 0 Å². The Bertz CT molecular complexity index is 278. The van der Waals surface area contributed by atoms with Crippen molar-refractivity contribution in [1.29, 1.82) is 0 Å². The van der Waals surface area contributed by atoms with Gasteiger partial charge in [0.05, 0.1) is 0 Å². The molecule has 63 valence electrons. The summed E-state index contributed by atoms with van der Waals surface area (Å²) in [5, 5.41) is 3.39. The lowest BCUT2D eigenvalue weighted by Crippen LogP contribution is -2.11. The highest BCUT2D eigenvalue weighted by molar-refractivity contribution is 5.54. The molecular formula is C11H14N. The van der Waals surface area contributed by atoms with Gasteiger partial charge >= 0.3 is 0 Å². The molecule has 0 spiro atoms. The van der Waals surface area contributed by atoms with Crippen molar-refractivity contribution in [3.05, 3.63) is 36.2 Å². The van der Waals surface area contributed by atoms with E-state index in [0.717, 1.165) is 13.0 Å². The van der Waals surface area contributed by atoms with Gasteiger partial charge in [-0.1, -0.05) is 12.1 Å². The smallest absolute Gasteiger partial charge is 0.0372 e. The van der Waals surface area contributed by atoms with Crippen LogP contribution in [0.25, 0.3) is 0 Å². The van der Waals surface area contributed by atoms with Gasteiger partial charge in [0.1, 0.15) is 0 Å². The Morgan fingerprint density at radius 1 is 1.42 bits per heavy atom. The summed E-state index contributed by atoms with van der Waals surface area (Å²) in [5.41, 5.74) is 4.12. The lowest BCUT2D eigenvalue weighted by atomic mass is 10.00. The fraction of sp³-hybridized carbons (Fsp3) is 0.364. The van der Waals surface area contributed by atoms with E-state index in [1.807, 2.05) is 0 Å². The van der Waals surface area contributed by atoms with Crippen LogP contribution in [0.3, 0.4) is 0 Å². The number of anilines is 1. The van der Waals surface area contributed by atoms with Crippen molar-refractivity contribution in [2.24, 2.45) is 0 Å². The molecule has 1 aliphatic heterocycles. The summed E-state index contributed by atoms with van der Waals surface area (Å²) in [7, 11) is 0. The van der Waals surface area contributed by atoms with Gasteiger partial charge in [-0.2, -0.15) is 0 Å². The summed E-state index contributed by atoms with van der Waals surface area (Å²) < 4.78 is 0. The van der Waals surface area contributed by atoms with Gasteiger partial charge < -0.3 is 5.32 Å². The van der Waals surface area contributed by atoms with Crippen molar-refractivity contribution in [2.75, 3.05) is 11.9 Å². The van der Waals surface area contributed by atoms with Crippen LogP contribution in [0.15, 0.2) is 18.2 Å². The lowest BCUT2D eigenvalue weighted by Gasteiger charge is -2.18. The molecule has 1 radical (unpaired) electrons. The Labute approximate surface area is 73.8 Å². The molecule has 1 heterocycles. The summed E-state index contributed by atoms with van der Waals surface area (Å²) in [6, 6.07) is 6.60. The van der Waals surface area contributed by atoms with E-state index in [1.165, 1.54) is 29.7 Å². The van der Waals surface area contributed by atoms with Gasteiger partial charge in [0.25, 0.3) is 0 Å². The SMILES string of the molecule is [CH2]Cc1ccc2c(c1)CCCN2. The fourth-order valence-electron chi connectivity index (χ4n) is 1.68. The van der Waals surface area contributed by atoms with Crippen molar-refractivity contribution in [1.82, 2.24) is 0 Å². The molecule has 0 bridgehead atoms. The van der Waals surface area contributed by atoms with E-state index in [1.54, 1.807) is 0 Å². The Morgan fingerprint density at radius 2 is 2.33 bits per heavy atom. The topological polar surface area (TPSA) is 12.0 Å². The van der Waals surface area contributed by atoms with E-state index in [2.05, 4.69) is 30.4 Å². The number of hydrogen-bond donors (Lipinski definition) is 1. The summed E-state index contributed by atoms with van der Waals surface area (Å²) in [4.78, 5) is 0. The molecule has 1 heteroatoms. The molecule has 0 aromatic heterocycles. The Kier molecular flexibility index (Phi) is 2.03. The summed E-state index contributed by atoms with van der Waals surface area (Å²) >= 11 is 0. The van der Waals surface area contributed by atoms with Gasteiger partial charge in [-0.3, -0.25) is 0 Å². The third-order valence-electron chi connectivity index (χ3n) is 2.40. The van der Waals surface area contributed by atoms with Gasteiger partial charge in [0.15, 0.2) is 0 Å². The lowest BCUT2D eigenvalue weighted by molar-refractivity contribution is 0.828. The highest BCUT2D eigenvalue weighted by Crippen LogP contribution is 2.22. The summed E-state index contributed by atoms with van der Waals surface area (Å²) in [6.07, 6.45) is 3.37. The second-order valence-corrected chi connectivity index (χ2v) is 3.27. The Morgan fingerprint density at radius 3 is 3.17 bits per heavy atom. The minimum atomic E-state index is 0.896. The quantitative estimate of drug-likeness (QED) is 0.665. The van der Waals surface area contributed by atoms with Crippen LogP contribution in [-0.2, 0) is 12.8 Å². The van der Waals surface area contributed by atoms with Crippen molar-refractivity contribution >= 4 is 5.69 Å². The minimum absolute atomic E-state index is 0.896. The molecule has 2 rings (SSSR count). The average molecular weight is 160 g/mol. The molecule has 1 aromatic rings. The predicted molar refractivity (Wildman–Crippen MR) is 52.3 cm³/mol. The Hall–Kier alpha value is -0.980. The molecule has 0 fully saturated rings. The molecule has 0 atom stereocenters. The number of nitrogens with one attached hydrogen (secondary N) is 1. The first kappa shape index (κ1) is 7.66. The molecule has 0 saturated heterocycles. The first-order valence-electron chi connectivity index (χ1n) is 4.55. The fourth-order valence-corrected chi connectivity index (χ4v) is 1.68. The van der Waals surface area contributed by atoms with Crippen molar-refractivity contribution in [3.8, 4) is 0 Å². The van der Waals surface area contributed by atoms with Crippen LogP contribution in [0.5, 0.6) is 0 Å². The first-order chi connectivity index (χ1) is 5.90. The molecule has 0 saturated carbocycles. The van der Waals surface area contributed by atoms with E-state index in [0.29, 0.717) is 0 Å². The molecular weight excluding hydrogens is 146 g/mol. The van der Waals surface area contributed by atoms with Crippen molar-refractivity contribution in [3.63, 3.8) is 0 Å². The van der Waals surface area contributed by atoms with Crippen LogP contribution in [0.4, 0.5) is 5.69 Å². The van der Waals surface area contributed by atoms with E-state index >= 15 is 0 Å². The number of fused-ring (bicyclic) bond motifs is 1. The number of rotatable bonds is 1. The van der Waals surface area contributed by atoms with E-state index in [4.69, 9.17) is 0 Å². The van der Waals surface area contributed by atoms with E-state index < -0.39 is 0 Å². The van der Waals surface area contributed by atoms with Crippen LogP contribution in [0.1, 0.15) is 17.5 Å². The van der Waals surface area contributed by atoms with Crippen LogP contribution >= 0.6 is 0 Å². The van der Waals surface area contributed by atoms with E-state index in [9.17, 15) is 0 Å². The highest BCUT2D eigenvalue weighted by Gasteiger charge is 2.07. The monoisotopic (exact) mass is 160 g/mol. The second-order valence-electron chi connectivity index (χ2n) is 3.27. The molecule has 1 aromatic carbocycles. The third kappa shape index (κ3) is 1.31. The Balaban J connectivity index is 2.36. The maximum absolute atomic E-state index is 3.88. The van der Waals surface area contributed by atoms with E-state index in [-0.39, 0.29) is 0 Å². The van der Waals surface area contributed by atoms with Crippen LogP contribution < -0.4 is 5.32 Å². The number of hydrogen-bond acceptors (Lipinski definition) is 1. The highest BCUT2D eigenvalue weighted by atomic mass is 14.9. The van der Waals surface area contributed by atoms with Crippen LogP contribution in [0, 0.1) is 6.92 Å². The van der Waals surface area contributed by atoms with Gasteiger partial charge in [-0.25, -0.2) is 0 Å². The number of benzene rings is 1. The molecule has 0 aliphatic carbocycles. The molecule has 1 nitrogen and oxygen atoms in total. The summed E-state index contributed by atoms with van der Waals surface area (Å²) in [5.74, 6) is 0. The molecule has 0 amide bonds. The predicted octanol–water partition coefficient (Wildman–Crippen LogP) is 2.42. The van der Waals surface area contributed by atoms with Gasteiger partial charge in [-0.05, 0) is 43.4 Å². The molecule has 0 unspecified atom stereocenters. The maximum Gasteiger partial charge on any atom is 0.0372 e. The zero-order valence-electron chi connectivity index (χ0n) is 7.27. The number of aryl methyl sites for hydroxylation is 1. The normalized spacial score (nSPS) is 15.1. The van der Waals surface area contributed by atoms with Gasteiger partial charge in [0, 0.05) is 12.2 Å². The van der Waals surface area contributed by atoms with Crippen LogP contribution in [0.2, 0.25) is 0 Å². The standard InChI is InChI=1S/C11H14N/c1-2-9-5-6-11-10(8-9)4-3-7-12-11/h5-6,8,12H,1-4,7H2. The maximum atomic E-state index is 3.88. The zero-order valence-corrected chi connectivity index (χ0v) is 7.27. The molecule has 1 N–H and O–H groups in total. The van der Waals surface area contributed by atoms with Crippen LogP contribution in [-0.4, -0.2) is 6.54 Å². The minimum Gasteiger partial charge on any atom is -0.385 e. The third-order valence-corrected chi connectivity index (χ3v) is 2.40. The van der Waals surface area contributed by atoms with Gasteiger partial charge in [-0.15, -0.1) is 0 Å². The second kappa shape index (κ2) is 3.18. The van der Waals surface area contributed by atoms with Crippen molar-refractivity contribution < 1.29 is 0 Å². The largest absolute Gasteiger partial charge is 0.385 e. The average Bonchev–Trinajstić information content (AvgIpc) is 2.17. The zero-order chi connectivity index (χ0) is 8.39. The molecule has 12 heavy (non-hydrogen) atoms. The van der Waals surface area contributed by atoms with Crippen molar-refractivity contribution in [2.45, 2.75) is 19.3 Å². The summed E-state index contributed by atoms with van der Waals surface area (Å²) in [6.45, 7) is 5.01.